The minimum atomic E-state index is -0.00646. The second kappa shape index (κ2) is 5.79. The number of ether oxygens (including phenoxy) is 3. The van der Waals surface area contributed by atoms with Crippen molar-refractivity contribution in [2.75, 3.05) is 39.7 Å². The molecule has 1 aliphatic heterocycles. The fourth-order valence-electron chi connectivity index (χ4n) is 1.87. The molecule has 0 unspecified atom stereocenters. The summed E-state index contributed by atoms with van der Waals surface area (Å²) in [5.41, 5.74) is 0.631. The number of amides is 1. The van der Waals surface area contributed by atoms with Crippen molar-refractivity contribution in [2.45, 2.75) is 0 Å². The van der Waals surface area contributed by atoms with Gasteiger partial charge in [0.25, 0.3) is 0 Å². The molecular formula is C13H18N2O4. The molecule has 6 heteroatoms. The van der Waals surface area contributed by atoms with Crippen molar-refractivity contribution >= 4 is 11.6 Å². The minimum absolute atomic E-state index is 0.00646. The van der Waals surface area contributed by atoms with E-state index in [1.807, 2.05) is 0 Å². The SMILES string of the molecule is COc1cc(NC(=O)C2CNC2)cc(OC)c1OC. The van der Waals surface area contributed by atoms with Gasteiger partial charge in [-0.05, 0) is 0 Å². The fourth-order valence-corrected chi connectivity index (χ4v) is 1.87. The molecule has 1 saturated heterocycles. The molecule has 19 heavy (non-hydrogen) atoms. The fraction of sp³-hybridized carbons (Fsp3) is 0.462. The summed E-state index contributed by atoms with van der Waals surface area (Å²) in [5, 5.41) is 5.91. The summed E-state index contributed by atoms with van der Waals surface area (Å²) < 4.78 is 15.7. The summed E-state index contributed by atoms with van der Waals surface area (Å²) in [7, 11) is 4.62. The Labute approximate surface area is 112 Å². The quantitative estimate of drug-likeness (QED) is 0.827. The Morgan fingerprint density at radius 3 is 2.11 bits per heavy atom. The second-order valence-electron chi connectivity index (χ2n) is 4.26. The van der Waals surface area contributed by atoms with Gasteiger partial charge in [-0.25, -0.2) is 0 Å². The van der Waals surface area contributed by atoms with E-state index in [0.717, 1.165) is 13.1 Å². The lowest BCUT2D eigenvalue weighted by Gasteiger charge is -2.26. The smallest absolute Gasteiger partial charge is 0.230 e. The first-order valence-electron chi connectivity index (χ1n) is 6.01. The van der Waals surface area contributed by atoms with Crippen molar-refractivity contribution in [1.29, 1.82) is 0 Å². The molecule has 0 atom stereocenters. The number of carbonyl (C=O) groups is 1. The zero-order valence-corrected chi connectivity index (χ0v) is 11.3. The maximum atomic E-state index is 11.9. The summed E-state index contributed by atoms with van der Waals surface area (Å²) in [6.45, 7) is 1.44. The minimum Gasteiger partial charge on any atom is -0.493 e. The molecule has 0 bridgehead atoms. The highest BCUT2D eigenvalue weighted by Crippen LogP contribution is 2.40. The van der Waals surface area contributed by atoms with E-state index in [4.69, 9.17) is 14.2 Å². The predicted molar refractivity (Wildman–Crippen MR) is 71.1 cm³/mol. The molecule has 2 N–H and O–H groups in total. The van der Waals surface area contributed by atoms with Crippen molar-refractivity contribution in [2.24, 2.45) is 5.92 Å². The van der Waals surface area contributed by atoms with Gasteiger partial charge in [0, 0.05) is 30.9 Å². The second-order valence-corrected chi connectivity index (χ2v) is 4.26. The van der Waals surface area contributed by atoms with Crippen LogP contribution in [0.1, 0.15) is 0 Å². The normalized spacial score (nSPS) is 14.5. The highest BCUT2D eigenvalue weighted by Gasteiger charge is 2.25. The van der Waals surface area contributed by atoms with Crippen LogP contribution in [0, 0.1) is 5.92 Å². The Balaban J connectivity index is 2.22. The number of hydrogen-bond acceptors (Lipinski definition) is 5. The van der Waals surface area contributed by atoms with Crippen LogP contribution in [-0.4, -0.2) is 40.3 Å². The van der Waals surface area contributed by atoms with Crippen molar-refractivity contribution in [1.82, 2.24) is 5.32 Å². The van der Waals surface area contributed by atoms with E-state index in [2.05, 4.69) is 10.6 Å². The van der Waals surface area contributed by atoms with Crippen LogP contribution < -0.4 is 24.8 Å². The predicted octanol–water partition coefficient (Wildman–Crippen LogP) is 0.870. The molecule has 1 amide bonds. The lowest BCUT2D eigenvalue weighted by atomic mass is 10.0. The van der Waals surface area contributed by atoms with E-state index in [9.17, 15) is 4.79 Å². The molecule has 0 radical (unpaired) electrons. The Hall–Kier alpha value is -1.95. The summed E-state index contributed by atoms with van der Waals surface area (Å²) >= 11 is 0. The van der Waals surface area contributed by atoms with E-state index in [1.165, 1.54) is 0 Å². The first-order chi connectivity index (χ1) is 9.19. The van der Waals surface area contributed by atoms with Gasteiger partial charge >= 0.3 is 0 Å². The van der Waals surface area contributed by atoms with Crippen LogP contribution in [0.15, 0.2) is 12.1 Å². The van der Waals surface area contributed by atoms with Crippen molar-refractivity contribution in [3.8, 4) is 17.2 Å². The van der Waals surface area contributed by atoms with Gasteiger partial charge in [-0.15, -0.1) is 0 Å². The van der Waals surface area contributed by atoms with Gasteiger partial charge in [0.1, 0.15) is 0 Å². The van der Waals surface area contributed by atoms with Gasteiger partial charge in [0.15, 0.2) is 11.5 Å². The summed E-state index contributed by atoms with van der Waals surface area (Å²) in [6.07, 6.45) is 0. The largest absolute Gasteiger partial charge is 0.493 e. The van der Waals surface area contributed by atoms with Gasteiger partial charge in [0.2, 0.25) is 11.7 Å². The van der Waals surface area contributed by atoms with Crippen LogP contribution in [-0.2, 0) is 4.79 Å². The van der Waals surface area contributed by atoms with Gasteiger partial charge in [-0.3, -0.25) is 4.79 Å². The van der Waals surface area contributed by atoms with Gasteiger partial charge in [-0.1, -0.05) is 0 Å². The van der Waals surface area contributed by atoms with Crippen LogP contribution in [0.2, 0.25) is 0 Å². The van der Waals surface area contributed by atoms with Crippen molar-refractivity contribution in [3.63, 3.8) is 0 Å². The molecule has 1 aliphatic rings. The number of nitrogens with one attached hydrogen (secondary N) is 2. The molecule has 0 saturated carbocycles. The van der Waals surface area contributed by atoms with E-state index < -0.39 is 0 Å². The molecule has 6 nitrogen and oxygen atoms in total. The third-order valence-corrected chi connectivity index (χ3v) is 3.08. The third-order valence-electron chi connectivity index (χ3n) is 3.08. The van der Waals surface area contributed by atoms with E-state index in [0.29, 0.717) is 22.9 Å². The van der Waals surface area contributed by atoms with Gasteiger partial charge in [0.05, 0.1) is 27.2 Å². The Bertz CT molecular complexity index is 447. The zero-order valence-electron chi connectivity index (χ0n) is 11.3. The Kier molecular flexibility index (Phi) is 4.11. The third kappa shape index (κ3) is 2.73. The number of carbonyl (C=O) groups excluding carboxylic acids is 1. The maximum Gasteiger partial charge on any atom is 0.230 e. The molecule has 104 valence electrons. The van der Waals surface area contributed by atoms with Crippen LogP contribution in [0.5, 0.6) is 17.2 Å². The molecule has 0 aromatic heterocycles. The van der Waals surface area contributed by atoms with E-state index in [1.54, 1.807) is 33.5 Å². The average molecular weight is 266 g/mol. The molecule has 0 spiro atoms. The lowest BCUT2D eigenvalue weighted by molar-refractivity contribution is -0.121. The molecule has 0 aliphatic carbocycles. The van der Waals surface area contributed by atoms with Gasteiger partial charge < -0.3 is 24.8 Å². The number of hydrogen-bond donors (Lipinski definition) is 2. The van der Waals surface area contributed by atoms with E-state index in [-0.39, 0.29) is 11.8 Å². The molecular weight excluding hydrogens is 248 g/mol. The van der Waals surface area contributed by atoms with Gasteiger partial charge in [-0.2, -0.15) is 0 Å². The Morgan fingerprint density at radius 2 is 1.74 bits per heavy atom. The van der Waals surface area contributed by atoms with Crippen LogP contribution in [0.25, 0.3) is 0 Å². The monoisotopic (exact) mass is 266 g/mol. The molecule has 1 aromatic carbocycles. The van der Waals surface area contributed by atoms with Crippen molar-refractivity contribution < 1.29 is 19.0 Å². The summed E-state index contributed by atoms with van der Waals surface area (Å²) in [5.74, 6) is 1.56. The first-order valence-corrected chi connectivity index (χ1v) is 6.01. The summed E-state index contributed by atoms with van der Waals surface area (Å²) in [4.78, 5) is 11.9. The Morgan fingerprint density at radius 1 is 1.16 bits per heavy atom. The number of benzene rings is 1. The topological polar surface area (TPSA) is 68.8 Å². The van der Waals surface area contributed by atoms with Crippen LogP contribution >= 0.6 is 0 Å². The standard InChI is InChI=1S/C13H18N2O4/c1-17-10-4-9(5-11(18-2)12(10)19-3)15-13(16)8-6-14-7-8/h4-5,8,14H,6-7H2,1-3H3,(H,15,16). The number of rotatable bonds is 5. The molecule has 1 fully saturated rings. The van der Waals surface area contributed by atoms with Crippen LogP contribution in [0.3, 0.4) is 0 Å². The molecule has 1 heterocycles. The lowest BCUT2D eigenvalue weighted by Crippen LogP contribution is -2.48. The maximum absolute atomic E-state index is 11.9. The van der Waals surface area contributed by atoms with E-state index >= 15 is 0 Å². The number of anilines is 1. The molecule has 1 aromatic rings. The zero-order chi connectivity index (χ0) is 13.8. The highest BCUT2D eigenvalue weighted by molar-refractivity contribution is 5.94. The first kappa shape index (κ1) is 13.5. The summed E-state index contributed by atoms with van der Waals surface area (Å²) in [6, 6.07) is 3.43. The van der Waals surface area contributed by atoms with Crippen molar-refractivity contribution in [3.05, 3.63) is 12.1 Å². The molecule has 2 rings (SSSR count). The number of methoxy groups -OCH3 is 3. The average Bonchev–Trinajstić information content (AvgIpc) is 2.35. The van der Waals surface area contributed by atoms with Crippen LogP contribution in [0.4, 0.5) is 5.69 Å². The highest BCUT2D eigenvalue weighted by atomic mass is 16.5.